The highest BCUT2D eigenvalue weighted by molar-refractivity contribution is 7.99. The maximum atomic E-state index is 6.14. The molecule has 2 aromatic rings. The van der Waals surface area contributed by atoms with Gasteiger partial charge in [0.15, 0.2) is 0 Å². The smallest absolute Gasteiger partial charge is 0.0417 e. The number of benzene rings is 2. The van der Waals surface area contributed by atoms with Gasteiger partial charge in [0.2, 0.25) is 0 Å². The van der Waals surface area contributed by atoms with Crippen molar-refractivity contribution >= 4 is 35.0 Å². The third-order valence-corrected chi connectivity index (χ3v) is 4.34. The summed E-state index contributed by atoms with van der Waals surface area (Å²) in [6.45, 7) is 0. The summed E-state index contributed by atoms with van der Waals surface area (Å²) in [6.07, 6.45) is 0.852. The largest absolute Gasteiger partial charge is 0.327 e. The fourth-order valence-electron chi connectivity index (χ4n) is 1.74. The molecule has 0 aliphatic carbocycles. The first-order valence-electron chi connectivity index (χ1n) is 6.02. The lowest BCUT2D eigenvalue weighted by Crippen LogP contribution is -2.25. The van der Waals surface area contributed by atoms with Crippen LogP contribution in [-0.4, -0.2) is 11.8 Å². The predicted molar refractivity (Wildman–Crippen MR) is 85.3 cm³/mol. The normalized spacial score (nSPS) is 12.4. The summed E-state index contributed by atoms with van der Waals surface area (Å²) in [7, 11) is 0. The Morgan fingerprint density at radius 3 is 2.42 bits per heavy atom. The molecule has 0 amide bonds. The van der Waals surface area contributed by atoms with Crippen LogP contribution in [-0.2, 0) is 6.42 Å². The lowest BCUT2D eigenvalue weighted by molar-refractivity contribution is 0.749. The zero-order chi connectivity index (χ0) is 13.7. The Morgan fingerprint density at radius 2 is 1.74 bits per heavy atom. The van der Waals surface area contributed by atoms with E-state index in [9.17, 15) is 0 Å². The molecule has 0 saturated carbocycles. The Bertz CT molecular complexity index is 528. The first-order chi connectivity index (χ1) is 9.13. The second-order valence-electron chi connectivity index (χ2n) is 4.36. The Balaban J connectivity index is 1.84. The number of rotatable bonds is 5. The second-order valence-corrected chi connectivity index (χ2v) is 6.33. The molecule has 19 heavy (non-hydrogen) atoms. The van der Waals surface area contributed by atoms with Gasteiger partial charge in [-0.15, -0.1) is 11.8 Å². The first kappa shape index (κ1) is 14.7. The second kappa shape index (κ2) is 7.20. The SMILES string of the molecule is NC(CSc1cccc(Cl)c1)Cc1ccc(Cl)cc1. The maximum Gasteiger partial charge on any atom is 0.0417 e. The van der Waals surface area contributed by atoms with Gasteiger partial charge in [0.1, 0.15) is 0 Å². The summed E-state index contributed by atoms with van der Waals surface area (Å²) in [5.74, 6) is 0.864. The van der Waals surface area contributed by atoms with E-state index in [2.05, 4.69) is 0 Å². The van der Waals surface area contributed by atoms with Crippen LogP contribution < -0.4 is 5.73 Å². The molecule has 1 unspecified atom stereocenters. The van der Waals surface area contributed by atoms with Crippen LogP contribution in [0.3, 0.4) is 0 Å². The lowest BCUT2D eigenvalue weighted by atomic mass is 10.1. The van der Waals surface area contributed by atoms with E-state index in [1.807, 2.05) is 48.5 Å². The average Bonchev–Trinajstić information content (AvgIpc) is 2.39. The van der Waals surface area contributed by atoms with Crippen molar-refractivity contribution < 1.29 is 0 Å². The summed E-state index contributed by atoms with van der Waals surface area (Å²) < 4.78 is 0. The molecule has 0 fully saturated rings. The van der Waals surface area contributed by atoms with Crippen molar-refractivity contribution in [1.29, 1.82) is 0 Å². The molecular weight excluding hydrogens is 297 g/mol. The summed E-state index contributed by atoms with van der Waals surface area (Å²) in [5.41, 5.74) is 7.35. The summed E-state index contributed by atoms with van der Waals surface area (Å²) in [4.78, 5) is 1.15. The van der Waals surface area contributed by atoms with Gasteiger partial charge in [-0.25, -0.2) is 0 Å². The molecule has 2 aromatic carbocycles. The Morgan fingerprint density at radius 1 is 1.00 bits per heavy atom. The van der Waals surface area contributed by atoms with E-state index in [0.717, 1.165) is 27.1 Å². The van der Waals surface area contributed by atoms with Crippen LogP contribution in [0.1, 0.15) is 5.56 Å². The first-order valence-corrected chi connectivity index (χ1v) is 7.76. The van der Waals surface area contributed by atoms with Crippen LogP contribution in [0.5, 0.6) is 0 Å². The van der Waals surface area contributed by atoms with Crippen molar-refractivity contribution in [3.8, 4) is 0 Å². The van der Waals surface area contributed by atoms with Crippen molar-refractivity contribution in [2.75, 3.05) is 5.75 Å². The minimum absolute atomic E-state index is 0.116. The zero-order valence-corrected chi connectivity index (χ0v) is 12.7. The van der Waals surface area contributed by atoms with Gasteiger partial charge in [-0.05, 0) is 42.3 Å². The molecule has 1 atom stereocenters. The van der Waals surface area contributed by atoms with Gasteiger partial charge in [-0.3, -0.25) is 0 Å². The highest BCUT2D eigenvalue weighted by Crippen LogP contribution is 2.22. The molecule has 2 N–H and O–H groups in total. The lowest BCUT2D eigenvalue weighted by Gasteiger charge is -2.11. The number of hydrogen-bond donors (Lipinski definition) is 1. The molecule has 0 aliphatic heterocycles. The monoisotopic (exact) mass is 311 g/mol. The van der Waals surface area contributed by atoms with Crippen molar-refractivity contribution in [3.63, 3.8) is 0 Å². The predicted octanol–water partition coefficient (Wildman–Crippen LogP) is 4.66. The zero-order valence-electron chi connectivity index (χ0n) is 10.4. The minimum Gasteiger partial charge on any atom is -0.327 e. The van der Waals surface area contributed by atoms with E-state index in [1.165, 1.54) is 5.56 Å². The average molecular weight is 312 g/mol. The van der Waals surface area contributed by atoms with Gasteiger partial charge in [-0.2, -0.15) is 0 Å². The van der Waals surface area contributed by atoms with Crippen LogP contribution >= 0.6 is 35.0 Å². The van der Waals surface area contributed by atoms with Gasteiger partial charge in [-0.1, -0.05) is 41.4 Å². The number of halogens is 2. The molecule has 2 rings (SSSR count). The molecule has 1 nitrogen and oxygen atoms in total. The van der Waals surface area contributed by atoms with Gasteiger partial charge < -0.3 is 5.73 Å². The number of thioether (sulfide) groups is 1. The molecule has 0 radical (unpaired) electrons. The molecular formula is C15H15Cl2NS. The van der Waals surface area contributed by atoms with Crippen LogP contribution in [0.4, 0.5) is 0 Å². The fraction of sp³-hybridized carbons (Fsp3) is 0.200. The van der Waals surface area contributed by atoms with Crippen LogP contribution in [0.25, 0.3) is 0 Å². The third-order valence-electron chi connectivity index (χ3n) is 2.67. The number of hydrogen-bond acceptors (Lipinski definition) is 2. The summed E-state index contributed by atoms with van der Waals surface area (Å²) in [5, 5.41) is 1.52. The highest BCUT2D eigenvalue weighted by atomic mass is 35.5. The van der Waals surface area contributed by atoms with Crippen molar-refractivity contribution in [3.05, 3.63) is 64.1 Å². The minimum atomic E-state index is 0.116. The number of nitrogens with two attached hydrogens (primary N) is 1. The van der Waals surface area contributed by atoms with E-state index in [4.69, 9.17) is 28.9 Å². The Labute approximate surface area is 128 Å². The van der Waals surface area contributed by atoms with E-state index in [1.54, 1.807) is 11.8 Å². The van der Waals surface area contributed by atoms with E-state index < -0.39 is 0 Å². The quantitative estimate of drug-likeness (QED) is 0.813. The van der Waals surface area contributed by atoms with Crippen molar-refractivity contribution in [1.82, 2.24) is 0 Å². The maximum absolute atomic E-state index is 6.14. The molecule has 0 saturated heterocycles. The van der Waals surface area contributed by atoms with Crippen LogP contribution in [0, 0.1) is 0 Å². The van der Waals surface area contributed by atoms with E-state index >= 15 is 0 Å². The molecule has 0 heterocycles. The molecule has 0 spiro atoms. The Hall–Kier alpha value is -0.670. The van der Waals surface area contributed by atoms with Crippen molar-refractivity contribution in [2.45, 2.75) is 17.4 Å². The standard InChI is InChI=1S/C15H15Cl2NS/c16-12-6-4-11(5-7-12)8-14(18)10-19-15-3-1-2-13(17)9-15/h1-7,9,14H,8,10,18H2. The summed E-state index contributed by atoms with van der Waals surface area (Å²) >= 11 is 13.5. The third kappa shape index (κ3) is 5.07. The highest BCUT2D eigenvalue weighted by Gasteiger charge is 2.05. The van der Waals surface area contributed by atoms with Crippen LogP contribution in [0.2, 0.25) is 10.0 Å². The van der Waals surface area contributed by atoms with Gasteiger partial charge in [0.05, 0.1) is 0 Å². The topological polar surface area (TPSA) is 26.0 Å². The van der Waals surface area contributed by atoms with Crippen LogP contribution in [0.15, 0.2) is 53.4 Å². The van der Waals surface area contributed by atoms with Gasteiger partial charge in [0.25, 0.3) is 0 Å². The van der Waals surface area contributed by atoms with Gasteiger partial charge >= 0.3 is 0 Å². The molecule has 0 aliphatic rings. The fourth-order valence-corrected chi connectivity index (χ4v) is 3.03. The Kier molecular flexibility index (Phi) is 5.59. The molecule has 0 aromatic heterocycles. The van der Waals surface area contributed by atoms with Gasteiger partial charge in [0, 0.05) is 26.7 Å². The summed E-state index contributed by atoms with van der Waals surface area (Å²) in [6, 6.07) is 15.8. The van der Waals surface area contributed by atoms with E-state index in [-0.39, 0.29) is 6.04 Å². The van der Waals surface area contributed by atoms with E-state index in [0.29, 0.717) is 0 Å². The van der Waals surface area contributed by atoms with Crippen molar-refractivity contribution in [2.24, 2.45) is 5.73 Å². The molecule has 0 bridgehead atoms. The molecule has 4 heteroatoms. The molecule has 100 valence electrons.